The maximum Gasteiger partial charge on any atom is 0.214 e. The molecule has 124 valence electrons. The number of hydroxylamine groups is 1. The third-order valence-corrected chi connectivity index (χ3v) is 5.93. The van der Waals surface area contributed by atoms with Crippen molar-refractivity contribution < 1.29 is 13.3 Å². The second-order valence-electron chi connectivity index (χ2n) is 7.15. The first-order chi connectivity index (χ1) is 9.62. The molecule has 0 spiro atoms. The van der Waals surface area contributed by atoms with Crippen molar-refractivity contribution in [2.75, 3.05) is 13.6 Å². The van der Waals surface area contributed by atoms with Gasteiger partial charge >= 0.3 is 0 Å². The van der Waals surface area contributed by atoms with Gasteiger partial charge < -0.3 is 0 Å². The number of rotatable bonds is 6. The lowest BCUT2D eigenvalue weighted by Gasteiger charge is -2.36. The molecular formula is C14H29N3O3S. The first-order valence-electron chi connectivity index (χ1n) is 7.83. The highest BCUT2D eigenvalue weighted by Gasteiger charge is 2.41. The maximum atomic E-state index is 12.1. The minimum absolute atomic E-state index is 0.0217. The van der Waals surface area contributed by atoms with E-state index in [0.717, 1.165) is 25.7 Å². The molecule has 0 radical (unpaired) electrons. The standard InChI is InChI=1S/C14H29N3O3S/c1-6-12-9-11(15-21(18,19)13-7-8-13)10-17(12)16(5)20-14(2,3)4/h11-13,15H,6-10H2,1-5H3. The summed E-state index contributed by atoms with van der Waals surface area (Å²) in [6.07, 6.45) is 3.41. The second kappa shape index (κ2) is 6.12. The lowest BCUT2D eigenvalue weighted by atomic mass is 10.1. The largest absolute Gasteiger partial charge is 0.279 e. The number of hydrogen-bond donors (Lipinski definition) is 1. The zero-order valence-electron chi connectivity index (χ0n) is 13.8. The van der Waals surface area contributed by atoms with E-state index in [1.807, 2.05) is 27.8 Å². The fourth-order valence-corrected chi connectivity index (χ4v) is 4.45. The molecular weight excluding hydrogens is 290 g/mol. The van der Waals surface area contributed by atoms with Gasteiger partial charge in [-0.3, -0.25) is 4.84 Å². The van der Waals surface area contributed by atoms with Crippen LogP contribution in [0.4, 0.5) is 0 Å². The highest BCUT2D eigenvalue weighted by Crippen LogP contribution is 2.30. The van der Waals surface area contributed by atoms with Gasteiger partial charge in [-0.05, 0) is 46.5 Å². The average Bonchev–Trinajstić information content (AvgIpc) is 3.10. The lowest BCUT2D eigenvalue weighted by molar-refractivity contribution is -0.318. The third-order valence-electron chi connectivity index (χ3n) is 3.92. The molecule has 1 heterocycles. The van der Waals surface area contributed by atoms with Crippen LogP contribution in [-0.4, -0.2) is 55.1 Å². The van der Waals surface area contributed by atoms with Crippen LogP contribution >= 0.6 is 0 Å². The molecule has 6 nitrogen and oxygen atoms in total. The molecule has 0 aromatic carbocycles. The first-order valence-corrected chi connectivity index (χ1v) is 9.37. The van der Waals surface area contributed by atoms with Gasteiger partial charge in [0.25, 0.3) is 0 Å². The Labute approximate surface area is 128 Å². The van der Waals surface area contributed by atoms with Crippen LogP contribution in [0.25, 0.3) is 0 Å². The van der Waals surface area contributed by atoms with E-state index >= 15 is 0 Å². The van der Waals surface area contributed by atoms with Crippen LogP contribution < -0.4 is 4.72 Å². The molecule has 1 saturated carbocycles. The maximum absolute atomic E-state index is 12.1. The summed E-state index contributed by atoms with van der Waals surface area (Å²) in [6.45, 7) is 8.81. The number of nitrogens with zero attached hydrogens (tertiary/aromatic N) is 2. The third kappa shape index (κ3) is 4.63. The highest BCUT2D eigenvalue weighted by molar-refractivity contribution is 7.90. The van der Waals surface area contributed by atoms with Crippen LogP contribution in [0, 0.1) is 0 Å². The van der Waals surface area contributed by atoms with Gasteiger partial charge in [0.15, 0.2) is 0 Å². The van der Waals surface area contributed by atoms with Crippen molar-refractivity contribution in [3.8, 4) is 0 Å². The van der Waals surface area contributed by atoms with Gasteiger partial charge in [-0.2, -0.15) is 0 Å². The van der Waals surface area contributed by atoms with Crippen LogP contribution in [-0.2, 0) is 14.9 Å². The Morgan fingerprint density at radius 1 is 1.33 bits per heavy atom. The number of nitrogens with one attached hydrogen (secondary N) is 1. The molecule has 21 heavy (non-hydrogen) atoms. The van der Waals surface area contributed by atoms with Crippen molar-refractivity contribution >= 4 is 10.0 Å². The van der Waals surface area contributed by atoms with Crippen molar-refractivity contribution in [2.24, 2.45) is 0 Å². The van der Waals surface area contributed by atoms with Gasteiger partial charge in [0, 0.05) is 25.7 Å². The fourth-order valence-electron chi connectivity index (χ4n) is 2.86. The summed E-state index contributed by atoms with van der Waals surface area (Å²) < 4.78 is 27.0. The molecule has 2 atom stereocenters. The minimum Gasteiger partial charge on any atom is -0.279 e. The van der Waals surface area contributed by atoms with Crippen molar-refractivity contribution in [1.29, 1.82) is 0 Å². The van der Waals surface area contributed by atoms with E-state index in [2.05, 4.69) is 16.7 Å². The Hall–Kier alpha value is -0.210. The highest BCUT2D eigenvalue weighted by atomic mass is 32.2. The molecule has 0 aromatic rings. The van der Waals surface area contributed by atoms with Gasteiger partial charge in [0.2, 0.25) is 10.0 Å². The normalized spacial score (nSPS) is 28.5. The minimum atomic E-state index is -3.12. The molecule has 0 aromatic heterocycles. The molecule has 2 unspecified atom stereocenters. The molecule has 1 aliphatic carbocycles. The Bertz CT molecular complexity index is 457. The van der Waals surface area contributed by atoms with Gasteiger partial charge in [-0.15, -0.1) is 5.17 Å². The molecule has 1 aliphatic heterocycles. The average molecular weight is 319 g/mol. The van der Waals surface area contributed by atoms with E-state index < -0.39 is 10.0 Å². The Kier molecular flexibility index (Phi) is 5.00. The van der Waals surface area contributed by atoms with Gasteiger partial charge in [0.1, 0.15) is 0 Å². The van der Waals surface area contributed by atoms with Crippen LogP contribution in [0.2, 0.25) is 0 Å². The molecule has 0 bridgehead atoms. The molecule has 2 rings (SSSR count). The number of hydrazine groups is 1. The summed E-state index contributed by atoms with van der Waals surface area (Å²) in [7, 11) is -1.23. The predicted molar refractivity (Wildman–Crippen MR) is 82.9 cm³/mol. The SMILES string of the molecule is CCC1CC(NS(=O)(=O)C2CC2)CN1N(C)OC(C)(C)C. The van der Waals surface area contributed by atoms with Crippen molar-refractivity contribution in [2.45, 2.75) is 76.3 Å². The summed E-state index contributed by atoms with van der Waals surface area (Å²) in [5.41, 5.74) is -0.265. The van der Waals surface area contributed by atoms with Crippen LogP contribution in [0.5, 0.6) is 0 Å². The van der Waals surface area contributed by atoms with Gasteiger partial charge in [-0.1, -0.05) is 6.92 Å². The van der Waals surface area contributed by atoms with E-state index in [4.69, 9.17) is 4.84 Å². The Morgan fingerprint density at radius 2 is 1.95 bits per heavy atom. The Morgan fingerprint density at radius 3 is 2.43 bits per heavy atom. The summed E-state index contributed by atoms with van der Waals surface area (Å²) in [4.78, 5) is 5.87. The van der Waals surface area contributed by atoms with Gasteiger partial charge in [-0.25, -0.2) is 18.1 Å². The van der Waals surface area contributed by atoms with Gasteiger partial charge in [0.05, 0.1) is 10.9 Å². The van der Waals surface area contributed by atoms with E-state index in [0.29, 0.717) is 12.6 Å². The van der Waals surface area contributed by atoms with E-state index in [-0.39, 0.29) is 16.9 Å². The summed E-state index contributed by atoms with van der Waals surface area (Å²) in [5.74, 6) is 0. The summed E-state index contributed by atoms with van der Waals surface area (Å²) in [6, 6.07) is 0.288. The van der Waals surface area contributed by atoms with Crippen molar-refractivity contribution in [3.05, 3.63) is 0 Å². The smallest absolute Gasteiger partial charge is 0.214 e. The zero-order chi connectivity index (χ0) is 15.8. The quantitative estimate of drug-likeness (QED) is 0.752. The van der Waals surface area contributed by atoms with Crippen molar-refractivity contribution in [3.63, 3.8) is 0 Å². The van der Waals surface area contributed by atoms with E-state index in [1.165, 1.54) is 0 Å². The summed E-state index contributed by atoms with van der Waals surface area (Å²) >= 11 is 0. The van der Waals surface area contributed by atoms with Crippen LogP contribution in [0.3, 0.4) is 0 Å². The molecule has 2 fully saturated rings. The van der Waals surface area contributed by atoms with E-state index in [1.54, 1.807) is 5.17 Å². The number of hydrogen-bond acceptors (Lipinski definition) is 5. The monoisotopic (exact) mass is 319 g/mol. The predicted octanol–water partition coefficient (Wildman–Crippen LogP) is 1.50. The zero-order valence-corrected chi connectivity index (χ0v) is 14.6. The first kappa shape index (κ1) is 17.1. The second-order valence-corrected chi connectivity index (χ2v) is 9.14. The van der Waals surface area contributed by atoms with E-state index in [9.17, 15) is 8.42 Å². The molecule has 1 N–H and O–H groups in total. The molecule has 0 amide bonds. The fraction of sp³-hybridized carbons (Fsp3) is 1.00. The number of sulfonamides is 1. The summed E-state index contributed by atoms with van der Waals surface area (Å²) in [5, 5.41) is 3.75. The molecule has 2 aliphatic rings. The molecule has 7 heteroatoms. The van der Waals surface area contributed by atoms with Crippen LogP contribution in [0.15, 0.2) is 0 Å². The lowest BCUT2D eigenvalue weighted by Crippen LogP contribution is -2.47. The Balaban J connectivity index is 1.96. The molecule has 1 saturated heterocycles. The van der Waals surface area contributed by atoms with Crippen LogP contribution in [0.1, 0.15) is 53.4 Å². The topological polar surface area (TPSA) is 61.9 Å². The van der Waals surface area contributed by atoms with Crippen molar-refractivity contribution in [1.82, 2.24) is 14.9 Å².